The predicted octanol–water partition coefficient (Wildman–Crippen LogP) is 3.25. The molecule has 0 radical (unpaired) electrons. The van der Waals surface area contributed by atoms with Gasteiger partial charge in [-0.05, 0) is 19.4 Å². The Hall–Kier alpha value is -1.04. The van der Waals surface area contributed by atoms with E-state index in [1.807, 2.05) is 18.2 Å². The Morgan fingerprint density at radius 2 is 1.90 bits per heavy atom. The first-order valence-corrected chi connectivity index (χ1v) is 3.29. The Balaban J connectivity index is 3.89. The Labute approximate surface area is 63.3 Å². The van der Waals surface area contributed by atoms with Crippen LogP contribution in [0.25, 0.3) is 0 Å². The Bertz CT molecular complexity index is 176. The minimum absolute atomic E-state index is 0.942. The summed E-state index contributed by atoms with van der Waals surface area (Å²) in [6, 6.07) is 0. The lowest BCUT2D eigenvalue weighted by Gasteiger charge is -1.84. The van der Waals surface area contributed by atoms with E-state index in [9.17, 15) is 0 Å². The van der Waals surface area contributed by atoms with E-state index in [0.29, 0.717) is 0 Å². The van der Waals surface area contributed by atoms with Crippen molar-refractivity contribution in [2.45, 2.75) is 13.8 Å². The van der Waals surface area contributed by atoms with Gasteiger partial charge in [-0.25, -0.2) is 0 Å². The van der Waals surface area contributed by atoms with Gasteiger partial charge < -0.3 is 0 Å². The van der Waals surface area contributed by atoms with Crippen LogP contribution in [0.4, 0.5) is 0 Å². The predicted molar refractivity (Wildman–Crippen MR) is 47.9 cm³/mol. The largest absolute Gasteiger partial charge is 0.0985 e. The molecular weight excluding hydrogens is 120 g/mol. The van der Waals surface area contributed by atoms with Crippen LogP contribution in [0.15, 0.2) is 48.6 Å². The Kier molecular flexibility index (Phi) is 4.30. The van der Waals surface area contributed by atoms with Gasteiger partial charge >= 0.3 is 0 Å². The molecule has 0 aromatic carbocycles. The van der Waals surface area contributed by atoms with Crippen molar-refractivity contribution < 1.29 is 0 Å². The second-order valence-electron chi connectivity index (χ2n) is 2.38. The number of hydrogen-bond acceptors (Lipinski definition) is 0. The summed E-state index contributed by atoms with van der Waals surface area (Å²) in [4.78, 5) is 0. The molecule has 0 aromatic heterocycles. The van der Waals surface area contributed by atoms with Gasteiger partial charge in [0.25, 0.3) is 0 Å². The molecular formula is C10H14. The van der Waals surface area contributed by atoms with Gasteiger partial charge in [0.15, 0.2) is 0 Å². The number of hydrogen-bond donors (Lipinski definition) is 0. The lowest BCUT2D eigenvalue weighted by atomic mass is 10.2. The summed E-state index contributed by atoms with van der Waals surface area (Å²) in [6.07, 6.45) is 7.67. The van der Waals surface area contributed by atoms with E-state index in [-0.39, 0.29) is 0 Å². The van der Waals surface area contributed by atoms with Crippen molar-refractivity contribution in [1.29, 1.82) is 0 Å². The molecule has 0 spiro atoms. The first kappa shape index (κ1) is 8.96. The fourth-order valence-corrected chi connectivity index (χ4v) is 0.432. The molecule has 0 aromatic rings. The van der Waals surface area contributed by atoms with Gasteiger partial charge in [0.1, 0.15) is 0 Å². The second-order valence-corrected chi connectivity index (χ2v) is 2.38. The third-order valence-electron chi connectivity index (χ3n) is 1.00. The molecule has 0 heteroatoms. The van der Waals surface area contributed by atoms with Crippen LogP contribution in [0, 0.1) is 0 Å². The number of allylic oxidation sites excluding steroid dienone is 6. The SMILES string of the molecule is C=CC(=C)/C=C\C=C(C)C. The normalized spacial score (nSPS) is 9.40. The summed E-state index contributed by atoms with van der Waals surface area (Å²) < 4.78 is 0. The molecule has 0 amide bonds. The molecule has 0 aliphatic carbocycles. The van der Waals surface area contributed by atoms with Gasteiger partial charge in [-0.15, -0.1) is 0 Å². The van der Waals surface area contributed by atoms with Crippen LogP contribution in [0.5, 0.6) is 0 Å². The molecule has 0 atom stereocenters. The molecule has 0 fully saturated rings. The summed E-state index contributed by atoms with van der Waals surface area (Å²) in [5.41, 5.74) is 2.23. The molecule has 0 unspecified atom stereocenters. The van der Waals surface area contributed by atoms with E-state index < -0.39 is 0 Å². The summed E-state index contributed by atoms with van der Waals surface area (Å²) in [5, 5.41) is 0. The zero-order chi connectivity index (χ0) is 7.98. The minimum atomic E-state index is 0.942. The zero-order valence-electron chi connectivity index (χ0n) is 6.72. The average Bonchev–Trinajstić information content (AvgIpc) is 1.87. The van der Waals surface area contributed by atoms with Crippen molar-refractivity contribution >= 4 is 0 Å². The van der Waals surface area contributed by atoms with Crippen molar-refractivity contribution in [2.24, 2.45) is 0 Å². The molecule has 54 valence electrons. The molecule has 0 aliphatic rings. The standard InChI is InChI=1S/C10H14/c1-5-10(4)8-6-7-9(2)3/h5-8H,1,4H2,2-3H3/b8-6-. The minimum Gasteiger partial charge on any atom is -0.0985 e. The van der Waals surface area contributed by atoms with Crippen molar-refractivity contribution in [3.8, 4) is 0 Å². The maximum atomic E-state index is 3.74. The van der Waals surface area contributed by atoms with Gasteiger partial charge in [0, 0.05) is 0 Å². The molecule has 0 N–H and O–H groups in total. The fourth-order valence-electron chi connectivity index (χ4n) is 0.432. The van der Waals surface area contributed by atoms with Gasteiger partial charge in [-0.3, -0.25) is 0 Å². The van der Waals surface area contributed by atoms with Crippen LogP contribution in [0.2, 0.25) is 0 Å². The summed E-state index contributed by atoms with van der Waals surface area (Å²) in [6.45, 7) is 11.4. The molecule has 0 nitrogen and oxygen atoms in total. The highest BCUT2D eigenvalue weighted by molar-refractivity contribution is 5.28. The Morgan fingerprint density at radius 1 is 1.30 bits per heavy atom. The van der Waals surface area contributed by atoms with Crippen LogP contribution in [-0.4, -0.2) is 0 Å². The molecule has 0 rings (SSSR count). The van der Waals surface area contributed by atoms with Gasteiger partial charge in [0.05, 0.1) is 0 Å². The van der Waals surface area contributed by atoms with Gasteiger partial charge in [0.2, 0.25) is 0 Å². The highest BCUT2D eigenvalue weighted by Crippen LogP contribution is 1.95. The van der Waals surface area contributed by atoms with Crippen molar-refractivity contribution in [3.63, 3.8) is 0 Å². The summed E-state index contributed by atoms with van der Waals surface area (Å²) in [7, 11) is 0. The molecule has 0 aliphatic heterocycles. The van der Waals surface area contributed by atoms with Crippen molar-refractivity contribution in [1.82, 2.24) is 0 Å². The topological polar surface area (TPSA) is 0 Å². The summed E-state index contributed by atoms with van der Waals surface area (Å²) >= 11 is 0. The van der Waals surface area contributed by atoms with E-state index in [2.05, 4.69) is 27.0 Å². The fraction of sp³-hybridized carbons (Fsp3) is 0.200. The van der Waals surface area contributed by atoms with Crippen LogP contribution < -0.4 is 0 Å². The quantitative estimate of drug-likeness (QED) is 0.520. The Morgan fingerprint density at radius 3 is 2.30 bits per heavy atom. The molecule has 0 saturated heterocycles. The molecule has 10 heavy (non-hydrogen) atoms. The highest BCUT2D eigenvalue weighted by Gasteiger charge is 1.74. The lowest BCUT2D eigenvalue weighted by Crippen LogP contribution is -1.63. The summed E-state index contributed by atoms with van der Waals surface area (Å²) in [5.74, 6) is 0. The van der Waals surface area contributed by atoms with Crippen LogP contribution in [-0.2, 0) is 0 Å². The van der Waals surface area contributed by atoms with Crippen LogP contribution in [0.1, 0.15) is 13.8 Å². The molecule has 0 saturated carbocycles. The van der Waals surface area contributed by atoms with Gasteiger partial charge in [-0.1, -0.05) is 43.0 Å². The number of rotatable bonds is 3. The van der Waals surface area contributed by atoms with E-state index >= 15 is 0 Å². The van der Waals surface area contributed by atoms with Gasteiger partial charge in [-0.2, -0.15) is 0 Å². The monoisotopic (exact) mass is 134 g/mol. The van der Waals surface area contributed by atoms with Crippen LogP contribution >= 0.6 is 0 Å². The third kappa shape index (κ3) is 5.10. The third-order valence-corrected chi connectivity index (χ3v) is 1.00. The zero-order valence-corrected chi connectivity index (χ0v) is 6.72. The smallest absolute Gasteiger partial charge is 0.0335 e. The van der Waals surface area contributed by atoms with E-state index in [1.165, 1.54) is 5.57 Å². The molecule has 0 heterocycles. The van der Waals surface area contributed by atoms with Crippen molar-refractivity contribution in [2.75, 3.05) is 0 Å². The maximum Gasteiger partial charge on any atom is -0.0335 e. The lowest BCUT2D eigenvalue weighted by molar-refractivity contribution is 1.39. The van der Waals surface area contributed by atoms with E-state index in [4.69, 9.17) is 0 Å². The van der Waals surface area contributed by atoms with Crippen LogP contribution in [0.3, 0.4) is 0 Å². The van der Waals surface area contributed by atoms with Crippen molar-refractivity contribution in [3.05, 3.63) is 48.6 Å². The van der Waals surface area contributed by atoms with E-state index in [0.717, 1.165) is 5.57 Å². The van der Waals surface area contributed by atoms with E-state index in [1.54, 1.807) is 6.08 Å². The maximum absolute atomic E-state index is 3.74. The highest BCUT2D eigenvalue weighted by atomic mass is 13.8. The molecule has 0 bridgehead atoms. The average molecular weight is 134 g/mol. The second kappa shape index (κ2) is 4.80. The first-order valence-electron chi connectivity index (χ1n) is 3.29. The first-order chi connectivity index (χ1) is 4.66.